The van der Waals surface area contributed by atoms with Crippen LogP contribution in [0.25, 0.3) is 11.3 Å². The third-order valence-electron chi connectivity index (χ3n) is 3.57. The van der Waals surface area contributed by atoms with E-state index in [0.29, 0.717) is 16.9 Å². The molecule has 0 spiro atoms. The van der Waals surface area contributed by atoms with E-state index >= 15 is 0 Å². The van der Waals surface area contributed by atoms with Crippen LogP contribution in [-0.4, -0.2) is 30.1 Å². The van der Waals surface area contributed by atoms with Gasteiger partial charge in [0.2, 0.25) is 5.91 Å². The maximum Gasteiger partial charge on any atom is 0.221 e. The van der Waals surface area contributed by atoms with Crippen molar-refractivity contribution in [3.8, 4) is 11.3 Å². The normalized spacial score (nSPS) is 17.2. The van der Waals surface area contributed by atoms with Crippen molar-refractivity contribution < 1.29 is 13.9 Å². The number of benzene rings is 1. The number of amides is 1. The van der Waals surface area contributed by atoms with Gasteiger partial charge >= 0.3 is 0 Å². The first-order valence-electron chi connectivity index (χ1n) is 7.50. The van der Waals surface area contributed by atoms with E-state index in [1.807, 2.05) is 5.38 Å². The zero-order chi connectivity index (χ0) is 16.2. The Labute approximate surface area is 137 Å². The van der Waals surface area contributed by atoms with Gasteiger partial charge in [0.1, 0.15) is 5.82 Å². The first kappa shape index (κ1) is 15.9. The molecule has 1 atom stereocenters. The van der Waals surface area contributed by atoms with Gasteiger partial charge in [-0.1, -0.05) is 0 Å². The molecule has 7 heteroatoms. The van der Waals surface area contributed by atoms with Gasteiger partial charge in [0.05, 0.1) is 11.8 Å². The first-order valence-corrected chi connectivity index (χ1v) is 8.38. The number of halogens is 1. The molecule has 1 aliphatic rings. The van der Waals surface area contributed by atoms with Gasteiger partial charge in [-0.15, -0.1) is 11.3 Å². The van der Waals surface area contributed by atoms with Crippen LogP contribution in [-0.2, 0) is 9.53 Å². The minimum atomic E-state index is -0.410. The molecule has 23 heavy (non-hydrogen) atoms. The standard InChI is InChI=1S/C16H18FN3O2S/c1-10(21)19-11-4-5-13(14(17)7-11)15-9-23-16(20-15)18-8-12-3-2-6-22-12/h4-5,7,9,12H,2-3,6,8H2,1H3,(H,18,20)(H,19,21). The molecule has 0 bridgehead atoms. The molecule has 1 aliphatic heterocycles. The van der Waals surface area contributed by atoms with E-state index in [-0.39, 0.29) is 12.0 Å². The number of ether oxygens (including phenoxy) is 1. The van der Waals surface area contributed by atoms with E-state index in [9.17, 15) is 9.18 Å². The van der Waals surface area contributed by atoms with Crippen molar-refractivity contribution in [1.29, 1.82) is 0 Å². The summed E-state index contributed by atoms with van der Waals surface area (Å²) in [4.78, 5) is 15.4. The lowest BCUT2D eigenvalue weighted by molar-refractivity contribution is -0.114. The highest BCUT2D eigenvalue weighted by molar-refractivity contribution is 7.14. The van der Waals surface area contributed by atoms with E-state index in [4.69, 9.17) is 4.74 Å². The van der Waals surface area contributed by atoms with Gasteiger partial charge in [0.25, 0.3) is 0 Å². The second-order valence-corrected chi connectivity index (χ2v) is 6.29. The van der Waals surface area contributed by atoms with E-state index in [1.54, 1.807) is 12.1 Å². The number of anilines is 2. The molecule has 2 aromatic rings. The molecule has 5 nitrogen and oxygen atoms in total. The van der Waals surface area contributed by atoms with Crippen LogP contribution in [0.1, 0.15) is 19.8 Å². The second kappa shape index (κ2) is 7.06. The van der Waals surface area contributed by atoms with Crippen LogP contribution in [0.4, 0.5) is 15.2 Å². The monoisotopic (exact) mass is 335 g/mol. The fraction of sp³-hybridized carbons (Fsp3) is 0.375. The number of carbonyl (C=O) groups is 1. The molecule has 1 saturated heterocycles. The van der Waals surface area contributed by atoms with Crippen LogP contribution in [0.3, 0.4) is 0 Å². The average molecular weight is 335 g/mol. The van der Waals surface area contributed by atoms with Crippen molar-refractivity contribution in [3.63, 3.8) is 0 Å². The van der Waals surface area contributed by atoms with E-state index in [1.165, 1.54) is 24.3 Å². The number of carbonyl (C=O) groups excluding carboxylic acids is 1. The Morgan fingerprint density at radius 1 is 1.52 bits per heavy atom. The molecule has 122 valence electrons. The Bertz CT molecular complexity index is 698. The van der Waals surface area contributed by atoms with Gasteiger partial charge < -0.3 is 15.4 Å². The quantitative estimate of drug-likeness (QED) is 0.878. The molecule has 1 unspecified atom stereocenters. The van der Waals surface area contributed by atoms with Gasteiger partial charge in [0, 0.05) is 36.7 Å². The molecular formula is C16H18FN3O2S. The Hall–Kier alpha value is -1.99. The fourth-order valence-corrected chi connectivity index (χ4v) is 3.21. The minimum Gasteiger partial charge on any atom is -0.376 e. The first-order chi connectivity index (χ1) is 11.1. The number of nitrogens with one attached hydrogen (secondary N) is 2. The zero-order valence-electron chi connectivity index (χ0n) is 12.8. The summed E-state index contributed by atoms with van der Waals surface area (Å²) in [6, 6.07) is 4.59. The molecule has 0 aliphatic carbocycles. The topological polar surface area (TPSA) is 63.2 Å². The van der Waals surface area contributed by atoms with Crippen molar-refractivity contribution in [2.75, 3.05) is 23.8 Å². The molecule has 3 rings (SSSR count). The zero-order valence-corrected chi connectivity index (χ0v) is 13.6. The Morgan fingerprint density at radius 2 is 2.39 bits per heavy atom. The molecule has 1 aromatic carbocycles. The van der Waals surface area contributed by atoms with Gasteiger partial charge in [-0.3, -0.25) is 4.79 Å². The summed E-state index contributed by atoms with van der Waals surface area (Å²) in [5.41, 5.74) is 1.43. The van der Waals surface area contributed by atoms with Crippen molar-refractivity contribution in [3.05, 3.63) is 29.4 Å². The van der Waals surface area contributed by atoms with Gasteiger partial charge in [-0.05, 0) is 31.0 Å². The van der Waals surface area contributed by atoms with Crippen molar-refractivity contribution in [2.24, 2.45) is 0 Å². The highest BCUT2D eigenvalue weighted by atomic mass is 32.1. The Balaban J connectivity index is 1.68. The molecule has 1 amide bonds. The largest absolute Gasteiger partial charge is 0.376 e. The van der Waals surface area contributed by atoms with Gasteiger partial charge in [0.15, 0.2) is 5.13 Å². The third-order valence-corrected chi connectivity index (χ3v) is 4.37. The molecule has 1 fully saturated rings. The number of hydrogen-bond acceptors (Lipinski definition) is 5. The van der Waals surface area contributed by atoms with Crippen molar-refractivity contribution in [1.82, 2.24) is 4.98 Å². The SMILES string of the molecule is CC(=O)Nc1ccc(-c2csc(NCC3CCCO3)n2)c(F)c1. The average Bonchev–Trinajstić information content (AvgIpc) is 3.16. The lowest BCUT2D eigenvalue weighted by atomic mass is 10.1. The number of nitrogens with zero attached hydrogens (tertiary/aromatic N) is 1. The molecule has 2 heterocycles. The summed E-state index contributed by atoms with van der Waals surface area (Å²) >= 11 is 1.44. The van der Waals surface area contributed by atoms with E-state index in [2.05, 4.69) is 15.6 Å². The molecule has 0 radical (unpaired) electrons. The van der Waals surface area contributed by atoms with E-state index in [0.717, 1.165) is 31.1 Å². The predicted molar refractivity (Wildman–Crippen MR) is 89.3 cm³/mol. The van der Waals surface area contributed by atoms with Gasteiger partial charge in [-0.2, -0.15) is 0 Å². The minimum absolute atomic E-state index is 0.230. The van der Waals surface area contributed by atoms with Crippen molar-refractivity contribution >= 4 is 28.1 Å². The number of thiazole rings is 1. The lowest BCUT2D eigenvalue weighted by Gasteiger charge is -2.09. The van der Waals surface area contributed by atoms with Crippen LogP contribution < -0.4 is 10.6 Å². The highest BCUT2D eigenvalue weighted by Crippen LogP contribution is 2.29. The summed E-state index contributed by atoms with van der Waals surface area (Å²) in [5.74, 6) is -0.640. The van der Waals surface area contributed by atoms with Crippen molar-refractivity contribution in [2.45, 2.75) is 25.9 Å². The molecular weight excluding hydrogens is 317 g/mol. The Kier molecular flexibility index (Phi) is 4.88. The third kappa shape index (κ3) is 4.05. The summed E-state index contributed by atoms with van der Waals surface area (Å²) in [7, 11) is 0. The smallest absolute Gasteiger partial charge is 0.221 e. The van der Waals surface area contributed by atoms with Crippen LogP contribution in [0.5, 0.6) is 0 Å². The molecule has 0 saturated carbocycles. The van der Waals surface area contributed by atoms with Crippen LogP contribution >= 0.6 is 11.3 Å². The van der Waals surface area contributed by atoms with Crippen LogP contribution in [0.15, 0.2) is 23.6 Å². The maximum atomic E-state index is 14.2. The summed E-state index contributed by atoms with van der Waals surface area (Å²) in [5, 5.41) is 8.36. The maximum absolute atomic E-state index is 14.2. The van der Waals surface area contributed by atoms with Crippen LogP contribution in [0, 0.1) is 5.82 Å². The summed E-state index contributed by atoms with van der Waals surface area (Å²) < 4.78 is 19.7. The Morgan fingerprint density at radius 3 is 3.09 bits per heavy atom. The second-order valence-electron chi connectivity index (χ2n) is 5.43. The lowest BCUT2D eigenvalue weighted by Crippen LogP contribution is -2.18. The molecule has 2 N–H and O–H groups in total. The van der Waals surface area contributed by atoms with Crippen LogP contribution in [0.2, 0.25) is 0 Å². The van der Waals surface area contributed by atoms with E-state index < -0.39 is 5.82 Å². The molecule has 1 aromatic heterocycles. The van der Waals surface area contributed by atoms with Gasteiger partial charge in [-0.25, -0.2) is 9.37 Å². The summed E-state index contributed by atoms with van der Waals surface area (Å²) in [6.07, 6.45) is 2.39. The number of aromatic nitrogens is 1. The summed E-state index contributed by atoms with van der Waals surface area (Å²) in [6.45, 7) is 2.93. The number of rotatable bonds is 5. The number of hydrogen-bond donors (Lipinski definition) is 2. The predicted octanol–water partition coefficient (Wildman–Crippen LogP) is 3.50. The highest BCUT2D eigenvalue weighted by Gasteiger charge is 2.16. The fourth-order valence-electron chi connectivity index (χ4n) is 2.49.